The van der Waals surface area contributed by atoms with E-state index in [9.17, 15) is 0 Å². The Hall–Kier alpha value is 0.438. The second-order valence-electron chi connectivity index (χ2n) is 6.13. The molecule has 0 unspecified atom stereocenters. The number of hydrogen-bond acceptors (Lipinski definition) is 3. The van der Waals surface area contributed by atoms with Gasteiger partial charge in [0.1, 0.15) is 0 Å². The van der Waals surface area contributed by atoms with E-state index in [-0.39, 0.29) is 0 Å². The molecule has 0 atom stereocenters. The molecule has 0 heterocycles. The van der Waals surface area contributed by atoms with Gasteiger partial charge >= 0.3 is 146 Å². The van der Waals surface area contributed by atoms with Gasteiger partial charge in [-0.05, 0) is 0 Å². The fraction of sp³-hybridized carbons (Fsp3) is 1.00. The number of nitrogens with zero attached hydrogens (tertiary/aromatic N) is 3. The van der Waals surface area contributed by atoms with Crippen molar-refractivity contribution in [1.29, 1.82) is 0 Å². The van der Waals surface area contributed by atoms with Crippen molar-refractivity contribution in [2.45, 2.75) is 80.1 Å². The summed E-state index contributed by atoms with van der Waals surface area (Å²) in [5.74, 6) is 0. The second-order valence-corrected chi connectivity index (χ2v) is 10.8. The molecule has 3 nitrogen and oxygen atoms in total. The van der Waals surface area contributed by atoms with E-state index in [4.69, 9.17) is 0 Å². The third-order valence-electron chi connectivity index (χ3n) is 3.65. The van der Waals surface area contributed by atoms with Gasteiger partial charge in [-0.25, -0.2) is 0 Å². The van der Waals surface area contributed by atoms with Crippen LogP contribution in [0.25, 0.3) is 0 Å². The van der Waals surface area contributed by atoms with Crippen LogP contribution < -0.4 is 0 Å². The first kappa shape index (κ1) is 22.4. The standard InChI is InChI=1S/C18H42AsN3/c1-7-13-20(14-8-2)19(21(15-9-3)16-10-4)22(17-11-5)18-12-6/h7-18H2,1-6H3. The van der Waals surface area contributed by atoms with Crippen LogP contribution in [0.1, 0.15) is 80.1 Å². The Morgan fingerprint density at radius 3 is 0.727 bits per heavy atom. The SMILES string of the molecule is CCCN(CCC)[As](N(CCC)CCC)N(CCC)CCC. The predicted octanol–water partition coefficient (Wildman–Crippen LogP) is 4.34. The summed E-state index contributed by atoms with van der Waals surface area (Å²) >= 11 is -1.27. The predicted molar refractivity (Wildman–Crippen MR) is 102 cm³/mol. The molecule has 0 spiro atoms. The molecule has 0 aliphatic carbocycles. The number of rotatable bonds is 15. The molecule has 0 saturated carbocycles. The van der Waals surface area contributed by atoms with E-state index in [1.54, 1.807) is 0 Å². The van der Waals surface area contributed by atoms with E-state index in [0.717, 1.165) is 0 Å². The summed E-state index contributed by atoms with van der Waals surface area (Å²) in [5.41, 5.74) is 0. The molecule has 0 aromatic rings. The van der Waals surface area contributed by atoms with Gasteiger partial charge in [-0.2, -0.15) is 0 Å². The zero-order valence-electron chi connectivity index (χ0n) is 16.3. The number of hydrogen-bond donors (Lipinski definition) is 0. The third kappa shape index (κ3) is 8.34. The second kappa shape index (κ2) is 15.0. The zero-order chi connectivity index (χ0) is 16.8. The molecule has 0 fully saturated rings. The Labute approximate surface area is 146 Å². The van der Waals surface area contributed by atoms with Crippen molar-refractivity contribution in [2.24, 2.45) is 0 Å². The monoisotopic (exact) mass is 375 g/mol. The van der Waals surface area contributed by atoms with Crippen LogP contribution in [0.2, 0.25) is 0 Å². The molecule has 0 amide bonds. The zero-order valence-corrected chi connectivity index (χ0v) is 18.2. The molecular formula is C18H42AsN3. The van der Waals surface area contributed by atoms with Gasteiger partial charge in [0, 0.05) is 0 Å². The third-order valence-corrected chi connectivity index (χ3v) is 9.35. The topological polar surface area (TPSA) is 9.72 Å². The van der Waals surface area contributed by atoms with Gasteiger partial charge in [0.25, 0.3) is 0 Å². The van der Waals surface area contributed by atoms with E-state index in [2.05, 4.69) is 53.0 Å². The summed E-state index contributed by atoms with van der Waals surface area (Å²) < 4.78 is 8.64. The Bertz CT molecular complexity index is 182. The summed E-state index contributed by atoms with van der Waals surface area (Å²) in [5, 5.41) is 0. The van der Waals surface area contributed by atoms with Crippen LogP contribution in [0.3, 0.4) is 0 Å². The fourth-order valence-corrected chi connectivity index (χ4v) is 9.98. The average molecular weight is 375 g/mol. The summed E-state index contributed by atoms with van der Waals surface area (Å²) in [7, 11) is 0. The van der Waals surface area contributed by atoms with Crippen LogP contribution >= 0.6 is 0 Å². The summed E-state index contributed by atoms with van der Waals surface area (Å²) in [6.07, 6.45) is 7.69. The quantitative estimate of drug-likeness (QED) is 0.394. The Balaban J connectivity index is 5.34. The van der Waals surface area contributed by atoms with Crippen molar-refractivity contribution in [3.8, 4) is 0 Å². The molecule has 0 rings (SSSR count). The summed E-state index contributed by atoms with van der Waals surface area (Å²) in [6, 6.07) is 0. The molecule has 0 bridgehead atoms. The van der Waals surface area contributed by atoms with Crippen LogP contribution in [0.4, 0.5) is 0 Å². The van der Waals surface area contributed by atoms with Crippen LogP contribution in [0.5, 0.6) is 0 Å². The first-order valence-electron chi connectivity index (χ1n) is 9.74. The maximum absolute atomic E-state index is 2.88. The van der Waals surface area contributed by atoms with E-state index in [0.29, 0.717) is 0 Å². The van der Waals surface area contributed by atoms with Crippen molar-refractivity contribution >= 4 is 15.3 Å². The first-order valence-corrected chi connectivity index (χ1v) is 12.3. The molecular weight excluding hydrogens is 333 g/mol. The molecule has 0 saturated heterocycles. The van der Waals surface area contributed by atoms with Crippen LogP contribution in [-0.4, -0.2) is 66.0 Å². The van der Waals surface area contributed by atoms with Crippen LogP contribution in [0.15, 0.2) is 0 Å². The first-order chi connectivity index (χ1) is 10.7. The molecule has 0 N–H and O–H groups in total. The Kier molecular flexibility index (Phi) is 15.3. The van der Waals surface area contributed by atoms with Crippen molar-refractivity contribution in [3.63, 3.8) is 0 Å². The summed E-state index contributed by atoms with van der Waals surface area (Å²) in [6.45, 7) is 21.7. The van der Waals surface area contributed by atoms with E-state index >= 15 is 0 Å². The van der Waals surface area contributed by atoms with Crippen molar-refractivity contribution < 1.29 is 0 Å². The summed E-state index contributed by atoms with van der Waals surface area (Å²) in [4.78, 5) is 0. The molecule has 0 aliphatic rings. The van der Waals surface area contributed by atoms with Crippen molar-refractivity contribution in [2.75, 3.05) is 39.3 Å². The average Bonchev–Trinajstić information content (AvgIpc) is 2.49. The van der Waals surface area contributed by atoms with Crippen molar-refractivity contribution in [1.82, 2.24) is 11.5 Å². The van der Waals surface area contributed by atoms with Gasteiger partial charge in [0.2, 0.25) is 0 Å². The fourth-order valence-electron chi connectivity index (χ4n) is 2.96. The van der Waals surface area contributed by atoms with E-state index in [1.807, 2.05) is 0 Å². The Morgan fingerprint density at radius 2 is 0.591 bits per heavy atom. The molecule has 134 valence electrons. The van der Waals surface area contributed by atoms with Gasteiger partial charge in [-0.1, -0.05) is 0 Å². The Morgan fingerprint density at radius 1 is 0.409 bits per heavy atom. The molecule has 22 heavy (non-hydrogen) atoms. The minimum atomic E-state index is -1.27. The molecule has 4 heteroatoms. The molecule has 0 aromatic heterocycles. The van der Waals surface area contributed by atoms with Gasteiger partial charge in [-0.3, -0.25) is 0 Å². The van der Waals surface area contributed by atoms with E-state index in [1.165, 1.54) is 77.8 Å². The molecule has 0 aliphatic heterocycles. The molecule has 0 radical (unpaired) electrons. The maximum atomic E-state index is 2.88. The molecule has 0 aromatic carbocycles. The van der Waals surface area contributed by atoms with E-state index < -0.39 is 15.3 Å². The van der Waals surface area contributed by atoms with Crippen molar-refractivity contribution in [3.05, 3.63) is 0 Å². The van der Waals surface area contributed by atoms with Gasteiger partial charge in [0.15, 0.2) is 0 Å². The normalized spacial score (nSPS) is 12.3. The van der Waals surface area contributed by atoms with Crippen LogP contribution in [0, 0.1) is 0 Å². The minimum absolute atomic E-state index is 1.27. The van der Waals surface area contributed by atoms with Crippen LogP contribution in [-0.2, 0) is 0 Å². The van der Waals surface area contributed by atoms with Gasteiger partial charge in [-0.15, -0.1) is 0 Å². The van der Waals surface area contributed by atoms with Gasteiger partial charge in [0.05, 0.1) is 0 Å². The van der Waals surface area contributed by atoms with Gasteiger partial charge < -0.3 is 0 Å².